The molecule has 0 atom stereocenters. The van der Waals surface area contributed by atoms with Crippen molar-refractivity contribution in [3.63, 3.8) is 0 Å². The third-order valence-electron chi connectivity index (χ3n) is 4.60. The van der Waals surface area contributed by atoms with Gasteiger partial charge >= 0.3 is 0 Å². The van der Waals surface area contributed by atoms with Crippen LogP contribution in [0.15, 0.2) is 18.2 Å². The summed E-state index contributed by atoms with van der Waals surface area (Å²) in [7, 11) is 3.86. The average Bonchev–Trinajstić information content (AvgIpc) is 2.48. The van der Waals surface area contributed by atoms with Crippen LogP contribution in [0.5, 0.6) is 0 Å². The molecule has 1 fully saturated rings. The van der Waals surface area contributed by atoms with Crippen molar-refractivity contribution in [2.75, 3.05) is 14.1 Å². The van der Waals surface area contributed by atoms with E-state index in [0.717, 1.165) is 24.2 Å². The number of aromatic nitrogens is 1. The van der Waals surface area contributed by atoms with E-state index in [1.54, 1.807) is 4.90 Å². The molecule has 1 aliphatic carbocycles. The smallest absolute Gasteiger partial charge is 0.224 e. The van der Waals surface area contributed by atoms with E-state index in [4.69, 9.17) is 0 Å². The summed E-state index contributed by atoms with van der Waals surface area (Å²) < 4.78 is 0. The third-order valence-corrected chi connectivity index (χ3v) is 4.60. The minimum Gasteiger partial charge on any atom is -0.340 e. The molecule has 1 aliphatic rings. The maximum atomic E-state index is 12.5. The molecule has 21 heavy (non-hydrogen) atoms. The number of hydrogen-bond acceptors (Lipinski definition) is 3. The lowest BCUT2D eigenvalue weighted by atomic mass is 9.79. The van der Waals surface area contributed by atoms with Gasteiger partial charge in [-0.05, 0) is 38.9 Å². The second-order valence-electron chi connectivity index (χ2n) is 6.29. The van der Waals surface area contributed by atoms with E-state index in [9.17, 15) is 4.79 Å². The molecule has 1 heterocycles. The fraction of sp³-hybridized carbons (Fsp3) is 0.647. The molecular weight excluding hydrogens is 262 g/mol. The maximum Gasteiger partial charge on any atom is 0.224 e. The fourth-order valence-corrected chi connectivity index (χ4v) is 3.19. The Kier molecular flexibility index (Phi) is 5.34. The number of aryl methyl sites for hydroxylation is 1. The van der Waals surface area contributed by atoms with Crippen molar-refractivity contribution < 1.29 is 4.79 Å². The SMILES string of the molecule is CNC1(CC(=O)N(C)Cc2cccc(C)n2)CCCCC1. The molecule has 1 N–H and O–H groups in total. The lowest BCUT2D eigenvalue weighted by molar-refractivity contribution is -0.132. The first-order chi connectivity index (χ1) is 10.0. The molecule has 1 aromatic rings. The Bertz CT molecular complexity index is 481. The van der Waals surface area contributed by atoms with Gasteiger partial charge in [0.2, 0.25) is 5.91 Å². The van der Waals surface area contributed by atoms with Crippen LogP contribution in [0.3, 0.4) is 0 Å². The quantitative estimate of drug-likeness (QED) is 0.906. The number of carbonyl (C=O) groups is 1. The van der Waals surface area contributed by atoms with Gasteiger partial charge in [0.1, 0.15) is 0 Å². The van der Waals surface area contributed by atoms with Gasteiger partial charge in [-0.2, -0.15) is 0 Å². The average molecular weight is 289 g/mol. The predicted octanol–water partition coefficient (Wildman–Crippen LogP) is 2.66. The monoisotopic (exact) mass is 289 g/mol. The van der Waals surface area contributed by atoms with Gasteiger partial charge in [-0.15, -0.1) is 0 Å². The van der Waals surface area contributed by atoms with Crippen LogP contribution in [-0.4, -0.2) is 35.4 Å². The third kappa shape index (κ3) is 4.27. The second-order valence-corrected chi connectivity index (χ2v) is 6.29. The van der Waals surface area contributed by atoms with Crippen molar-refractivity contribution in [2.24, 2.45) is 0 Å². The van der Waals surface area contributed by atoms with Crippen LogP contribution in [0.4, 0.5) is 0 Å². The van der Waals surface area contributed by atoms with Crippen molar-refractivity contribution >= 4 is 5.91 Å². The highest BCUT2D eigenvalue weighted by Crippen LogP contribution is 2.31. The summed E-state index contributed by atoms with van der Waals surface area (Å²) in [5.74, 6) is 0.203. The molecule has 0 spiro atoms. The van der Waals surface area contributed by atoms with Crippen LogP contribution < -0.4 is 5.32 Å². The molecule has 0 saturated heterocycles. The fourth-order valence-electron chi connectivity index (χ4n) is 3.19. The van der Waals surface area contributed by atoms with Crippen molar-refractivity contribution in [3.8, 4) is 0 Å². The Morgan fingerprint density at radius 1 is 1.33 bits per heavy atom. The number of nitrogens with zero attached hydrogens (tertiary/aromatic N) is 2. The number of nitrogens with one attached hydrogen (secondary N) is 1. The van der Waals surface area contributed by atoms with Gasteiger partial charge in [0, 0.05) is 24.7 Å². The molecule has 1 aromatic heterocycles. The largest absolute Gasteiger partial charge is 0.340 e. The van der Waals surface area contributed by atoms with Gasteiger partial charge in [-0.25, -0.2) is 0 Å². The van der Waals surface area contributed by atoms with Crippen LogP contribution in [0.25, 0.3) is 0 Å². The first kappa shape index (κ1) is 16.0. The summed E-state index contributed by atoms with van der Waals surface area (Å²) in [5, 5.41) is 3.41. The second kappa shape index (κ2) is 7.03. The summed E-state index contributed by atoms with van der Waals surface area (Å²) in [6.07, 6.45) is 6.53. The number of pyridine rings is 1. The zero-order chi connectivity index (χ0) is 15.3. The summed E-state index contributed by atoms with van der Waals surface area (Å²) >= 11 is 0. The summed E-state index contributed by atoms with van der Waals surface area (Å²) in [5.41, 5.74) is 1.95. The maximum absolute atomic E-state index is 12.5. The Labute approximate surface area is 127 Å². The van der Waals surface area contributed by atoms with Gasteiger partial charge in [0.15, 0.2) is 0 Å². The Hall–Kier alpha value is -1.42. The highest BCUT2D eigenvalue weighted by atomic mass is 16.2. The van der Waals surface area contributed by atoms with E-state index >= 15 is 0 Å². The van der Waals surface area contributed by atoms with Crippen LogP contribution in [0.1, 0.15) is 49.9 Å². The first-order valence-electron chi connectivity index (χ1n) is 7.90. The van der Waals surface area contributed by atoms with Gasteiger partial charge < -0.3 is 10.2 Å². The van der Waals surface area contributed by atoms with Crippen LogP contribution >= 0.6 is 0 Å². The standard InChI is InChI=1S/C17H27N3O/c1-14-8-7-9-15(19-14)13-20(3)16(21)12-17(18-2)10-5-4-6-11-17/h7-9,18H,4-6,10-13H2,1-3H3. The van der Waals surface area contributed by atoms with Crippen LogP contribution in [0, 0.1) is 6.92 Å². The van der Waals surface area contributed by atoms with Gasteiger partial charge in [-0.1, -0.05) is 25.3 Å². The normalized spacial score (nSPS) is 17.5. The molecule has 0 aliphatic heterocycles. The zero-order valence-electron chi connectivity index (χ0n) is 13.5. The highest BCUT2D eigenvalue weighted by Gasteiger charge is 2.33. The van der Waals surface area contributed by atoms with E-state index in [2.05, 4.69) is 10.3 Å². The van der Waals surface area contributed by atoms with E-state index in [1.807, 2.05) is 39.2 Å². The number of carbonyl (C=O) groups excluding carboxylic acids is 1. The summed E-state index contributed by atoms with van der Waals surface area (Å²) in [6.45, 7) is 2.56. The van der Waals surface area contributed by atoms with Crippen molar-refractivity contribution in [2.45, 2.75) is 57.5 Å². The number of hydrogen-bond donors (Lipinski definition) is 1. The lowest BCUT2D eigenvalue weighted by Crippen LogP contribution is -2.48. The van der Waals surface area contributed by atoms with Crippen LogP contribution in [-0.2, 0) is 11.3 Å². The molecule has 4 heteroatoms. The first-order valence-corrected chi connectivity index (χ1v) is 7.90. The molecule has 4 nitrogen and oxygen atoms in total. The molecule has 0 unspecified atom stereocenters. The van der Waals surface area contributed by atoms with Gasteiger partial charge in [0.05, 0.1) is 12.2 Å². The number of rotatable bonds is 5. The van der Waals surface area contributed by atoms with E-state index in [1.165, 1.54) is 19.3 Å². The molecule has 2 rings (SSSR count). The Balaban J connectivity index is 1.95. The van der Waals surface area contributed by atoms with E-state index in [0.29, 0.717) is 13.0 Å². The molecular formula is C17H27N3O. The minimum atomic E-state index is 0.00360. The number of amides is 1. The van der Waals surface area contributed by atoms with Crippen LogP contribution in [0.2, 0.25) is 0 Å². The van der Waals surface area contributed by atoms with Crippen molar-refractivity contribution in [3.05, 3.63) is 29.6 Å². The summed E-state index contributed by atoms with van der Waals surface area (Å²) in [6, 6.07) is 5.95. The molecule has 0 bridgehead atoms. The molecule has 116 valence electrons. The topological polar surface area (TPSA) is 45.2 Å². The Morgan fingerprint density at radius 2 is 2.05 bits per heavy atom. The van der Waals surface area contributed by atoms with E-state index in [-0.39, 0.29) is 11.4 Å². The minimum absolute atomic E-state index is 0.00360. The molecule has 0 aromatic carbocycles. The molecule has 1 amide bonds. The molecule has 0 radical (unpaired) electrons. The Morgan fingerprint density at radius 3 is 2.67 bits per heavy atom. The lowest BCUT2D eigenvalue weighted by Gasteiger charge is -2.37. The van der Waals surface area contributed by atoms with Crippen molar-refractivity contribution in [1.82, 2.24) is 15.2 Å². The van der Waals surface area contributed by atoms with E-state index < -0.39 is 0 Å². The predicted molar refractivity (Wildman–Crippen MR) is 84.9 cm³/mol. The summed E-state index contributed by atoms with van der Waals surface area (Å²) in [4.78, 5) is 18.8. The van der Waals surface area contributed by atoms with Gasteiger partial charge in [0.25, 0.3) is 0 Å². The van der Waals surface area contributed by atoms with Gasteiger partial charge in [-0.3, -0.25) is 9.78 Å². The molecule has 1 saturated carbocycles. The highest BCUT2D eigenvalue weighted by molar-refractivity contribution is 5.77. The van der Waals surface area contributed by atoms with Crippen molar-refractivity contribution in [1.29, 1.82) is 0 Å². The zero-order valence-corrected chi connectivity index (χ0v) is 13.5.